The van der Waals surface area contributed by atoms with Gasteiger partial charge in [-0.2, -0.15) is 0 Å². The Labute approximate surface area is 62.8 Å². The van der Waals surface area contributed by atoms with Crippen molar-refractivity contribution in [3.05, 3.63) is 12.3 Å². The molecule has 0 radical (unpaired) electrons. The maximum absolute atomic E-state index is 5.23. The first-order valence-electron chi connectivity index (χ1n) is 3.61. The van der Waals surface area contributed by atoms with E-state index in [0.717, 1.165) is 0 Å². The number of hydrogen-bond donors (Lipinski definition) is 0. The van der Waals surface area contributed by atoms with Crippen molar-refractivity contribution >= 4 is 0 Å². The quantitative estimate of drug-likeness (QED) is 0.434. The van der Waals surface area contributed by atoms with Crippen LogP contribution in [0, 0.1) is 0 Å². The van der Waals surface area contributed by atoms with Gasteiger partial charge in [0.05, 0.1) is 19.0 Å². The van der Waals surface area contributed by atoms with Crippen molar-refractivity contribution in [1.82, 2.24) is 0 Å². The molecule has 0 aromatic carbocycles. The second-order valence-electron chi connectivity index (χ2n) is 2.26. The Morgan fingerprint density at radius 1 is 1.30 bits per heavy atom. The molecule has 0 spiro atoms. The third kappa shape index (κ3) is 7.50. The molecule has 2 nitrogen and oxygen atoms in total. The van der Waals surface area contributed by atoms with Gasteiger partial charge in [0.25, 0.3) is 0 Å². The Morgan fingerprint density at radius 3 is 2.50 bits per heavy atom. The molecule has 2 heteroatoms. The van der Waals surface area contributed by atoms with E-state index in [1.54, 1.807) is 6.26 Å². The Balaban J connectivity index is 2.91. The molecular formula is C8H16O2. The summed E-state index contributed by atoms with van der Waals surface area (Å²) in [5.74, 6) is 0. The van der Waals surface area contributed by atoms with E-state index in [-0.39, 0.29) is 0 Å². The van der Waals surface area contributed by atoms with Crippen molar-refractivity contribution in [2.24, 2.45) is 0 Å². The number of rotatable bonds is 5. The zero-order valence-corrected chi connectivity index (χ0v) is 6.96. The summed E-state index contributed by atoms with van der Waals surface area (Å²) in [6.07, 6.45) is 3.83. The van der Waals surface area contributed by atoms with Gasteiger partial charge in [0.15, 0.2) is 0 Å². The molecule has 0 fully saturated rings. The van der Waals surface area contributed by atoms with Crippen LogP contribution < -0.4 is 0 Å². The van der Waals surface area contributed by atoms with Crippen LogP contribution >= 0.6 is 0 Å². The highest BCUT2D eigenvalue weighted by Crippen LogP contribution is 1.87. The van der Waals surface area contributed by atoms with Crippen molar-refractivity contribution < 1.29 is 9.47 Å². The van der Waals surface area contributed by atoms with Crippen LogP contribution in [-0.2, 0) is 9.47 Å². The van der Waals surface area contributed by atoms with Gasteiger partial charge in [-0.15, -0.1) is 0 Å². The summed E-state index contributed by atoms with van der Waals surface area (Å²) in [4.78, 5) is 0. The molecule has 60 valence electrons. The van der Waals surface area contributed by atoms with Gasteiger partial charge < -0.3 is 9.47 Å². The summed E-state index contributed by atoms with van der Waals surface area (Å²) >= 11 is 0. The van der Waals surface area contributed by atoms with Crippen LogP contribution in [0.25, 0.3) is 0 Å². The van der Waals surface area contributed by atoms with E-state index in [1.165, 1.54) is 0 Å². The van der Waals surface area contributed by atoms with Crippen LogP contribution in [0.4, 0.5) is 0 Å². The van der Waals surface area contributed by atoms with E-state index in [2.05, 4.69) is 0 Å². The molecule has 0 rings (SSSR count). The van der Waals surface area contributed by atoms with Crippen LogP contribution in [0.1, 0.15) is 20.8 Å². The fraction of sp³-hybridized carbons (Fsp3) is 0.750. The highest BCUT2D eigenvalue weighted by Gasteiger charge is 1.90. The number of ether oxygens (including phenoxy) is 2. The molecule has 10 heavy (non-hydrogen) atoms. The standard InChI is InChI=1S/C8H16O2/c1-4-5-9-6-7-10-8(2)3/h4-5,8H,6-7H2,1-3H3. The molecule has 0 N–H and O–H groups in total. The first kappa shape index (κ1) is 9.50. The van der Waals surface area contributed by atoms with Gasteiger partial charge in [0, 0.05) is 0 Å². The monoisotopic (exact) mass is 144 g/mol. The molecular weight excluding hydrogens is 128 g/mol. The summed E-state index contributed by atoms with van der Waals surface area (Å²) in [5, 5.41) is 0. The minimum absolute atomic E-state index is 0.300. The van der Waals surface area contributed by atoms with E-state index in [0.29, 0.717) is 19.3 Å². The lowest BCUT2D eigenvalue weighted by atomic mass is 10.5. The Hall–Kier alpha value is -0.500. The maximum atomic E-state index is 5.23. The Morgan fingerprint density at radius 2 is 2.00 bits per heavy atom. The molecule has 0 aliphatic carbocycles. The van der Waals surface area contributed by atoms with Crippen LogP contribution in [0.3, 0.4) is 0 Å². The van der Waals surface area contributed by atoms with E-state index in [9.17, 15) is 0 Å². The molecule has 0 bridgehead atoms. The van der Waals surface area contributed by atoms with E-state index in [4.69, 9.17) is 9.47 Å². The lowest BCUT2D eigenvalue weighted by Gasteiger charge is -2.05. The van der Waals surface area contributed by atoms with E-state index < -0.39 is 0 Å². The number of allylic oxidation sites excluding steroid dienone is 1. The number of hydrogen-bond acceptors (Lipinski definition) is 2. The van der Waals surface area contributed by atoms with E-state index in [1.807, 2.05) is 26.8 Å². The first-order valence-corrected chi connectivity index (χ1v) is 3.61. The summed E-state index contributed by atoms with van der Waals surface area (Å²) in [5.41, 5.74) is 0. The smallest absolute Gasteiger partial charge is 0.111 e. The van der Waals surface area contributed by atoms with Gasteiger partial charge in [0.2, 0.25) is 0 Å². The van der Waals surface area contributed by atoms with Crippen molar-refractivity contribution in [1.29, 1.82) is 0 Å². The molecule has 0 aliphatic heterocycles. The lowest BCUT2D eigenvalue weighted by molar-refractivity contribution is 0.0447. The van der Waals surface area contributed by atoms with Gasteiger partial charge in [0.1, 0.15) is 6.61 Å². The van der Waals surface area contributed by atoms with Crippen molar-refractivity contribution in [2.75, 3.05) is 13.2 Å². The molecule has 0 unspecified atom stereocenters. The molecule has 0 aromatic rings. The predicted octanol–water partition coefficient (Wildman–Crippen LogP) is 1.96. The predicted molar refractivity (Wildman–Crippen MR) is 41.9 cm³/mol. The summed E-state index contributed by atoms with van der Waals surface area (Å²) in [6.45, 7) is 7.25. The minimum atomic E-state index is 0.300. The molecule has 0 heterocycles. The zero-order chi connectivity index (χ0) is 7.82. The van der Waals surface area contributed by atoms with Gasteiger partial charge in [-0.1, -0.05) is 6.08 Å². The molecule has 0 saturated heterocycles. The van der Waals surface area contributed by atoms with Crippen LogP contribution in [0.2, 0.25) is 0 Å². The highest BCUT2D eigenvalue weighted by molar-refractivity contribution is 4.64. The lowest BCUT2D eigenvalue weighted by Crippen LogP contribution is -2.07. The van der Waals surface area contributed by atoms with Gasteiger partial charge in [-0.05, 0) is 20.8 Å². The normalized spacial score (nSPS) is 11.2. The average molecular weight is 144 g/mol. The van der Waals surface area contributed by atoms with Crippen LogP contribution in [0.15, 0.2) is 12.3 Å². The zero-order valence-electron chi connectivity index (χ0n) is 6.96. The SMILES string of the molecule is CC=COCCOC(C)C. The fourth-order valence-corrected chi connectivity index (χ4v) is 0.496. The van der Waals surface area contributed by atoms with Crippen LogP contribution in [-0.4, -0.2) is 19.3 Å². The molecule has 0 saturated carbocycles. The Kier molecular flexibility index (Phi) is 6.29. The highest BCUT2D eigenvalue weighted by atomic mass is 16.5. The third-order valence-corrected chi connectivity index (χ3v) is 0.885. The maximum Gasteiger partial charge on any atom is 0.111 e. The van der Waals surface area contributed by atoms with Crippen molar-refractivity contribution in [2.45, 2.75) is 26.9 Å². The first-order chi connectivity index (χ1) is 4.77. The van der Waals surface area contributed by atoms with Gasteiger partial charge >= 0.3 is 0 Å². The van der Waals surface area contributed by atoms with Gasteiger partial charge in [-0.3, -0.25) is 0 Å². The second kappa shape index (κ2) is 6.62. The average Bonchev–Trinajstić information content (AvgIpc) is 1.87. The largest absolute Gasteiger partial charge is 0.499 e. The molecule has 0 atom stereocenters. The minimum Gasteiger partial charge on any atom is -0.499 e. The van der Waals surface area contributed by atoms with Gasteiger partial charge in [-0.25, -0.2) is 0 Å². The van der Waals surface area contributed by atoms with Crippen LogP contribution in [0.5, 0.6) is 0 Å². The fourth-order valence-electron chi connectivity index (χ4n) is 0.496. The summed E-state index contributed by atoms with van der Waals surface area (Å²) in [7, 11) is 0. The third-order valence-electron chi connectivity index (χ3n) is 0.885. The molecule has 0 aliphatic rings. The molecule has 0 aromatic heterocycles. The summed E-state index contributed by atoms with van der Waals surface area (Å²) in [6, 6.07) is 0. The summed E-state index contributed by atoms with van der Waals surface area (Å²) < 4.78 is 10.3. The second-order valence-corrected chi connectivity index (χ2v) is 2.26. The topological polar surface area (TPSA) is 18.5 Å². The molecule has 0 amide bonds. The Bertz CT molecular complexity index is 87.3. The van der Waals surface area contributed by atoms with E-state index >= 15 is 0 Å². The van der Waals surface area contributed by atoms with Crippen molar-refractivity contribution in [3.8, 4) is 0 Å². The van der Waals surface area contributed by atoms with Crippen molar-refractivity contribution in [3.63, 3.8) is 0 Å².